The second-order valence-electron chi connectivity index (χ2n) is 5.66. The van der Waals surface area contributed by atoms with Crippen molar-refractivity contribution in [2.75, 3.05) is 0 Å². The van der Waals surface area contributed by atoms with Crippen LogP contribution in [0.25, 0.3) is 0 Å². The smallest absolute Gasteiger partial charge is 0.405 e. The van der Waals surface area contributed by atoms with Gasteiger partial charge in [0.25, 0.3) is 0 Å². The Balaban J connectivity index is 0.000000425. The molecule has 124 valence electrons. The number of primary amides is 1. The van der Waals surface area contributed by atoms with Crippen LogP contribution in [0.2, 0.25) is 0 Å². The minimum atomic E-state index is -0.879. The molecule has 0 fully saturated rings. The molecule has 0 radical (unpaired) electrons. The molecule has 0 heterocycles. The standard InChI is InChI=1S/C10H21NO2.C7H6O2/c1-4-5-6-7-8-10(2,3)13-9(11)12;8-7(9)6-4-2-1-3-5-6/h4-8H2,1-3H3,(H2,11,12);1-5H,(H,8,9). The largest absolute Gasteiger partial charge is 0.478 e. The third kappa shape index (κ3) is 10.7. The molecule has 1 rings (SSSR count). The molecule has 0 aromatic heterocycles. The van der Waals surface area contributed by atoms with Gasteiger partial charge in [0.2, 0.25) is 0 Å². The van der Waals surface area contributed by atoms with Gasteiger partial charge in [-0.2, -0.15) is 0 Å². The second kappa shape index (κ2) is 10.7. The Kier molecular flexibility index (Phi) is 9.67. The highest BCUT2D eigenvalue weighted by atomic mass is 16.6. The van der Waals surface area contributed by atoms with Crippen LogP contribution in [0.3, 0.4) is 0 Å². The Morgan fingerprint density at radius 1 is 1.14 bits per heavy atom. The fourth-order valence-corrected chi connectivity index (χ4v) is 1.88. The third-order valence-electron chi connectivity index (χ3n) is 3.03. The molecule has 0 saturated heterocycles. The molecule has 0 atom stereocenters. The average molecular weight is 309 g/mol. The maximum atomic E-state index is 10.5. The van der Waals surface area contributed by atoms with Gasteiger partial charge >= 0.3 is 12.1 Å². The van der Waals surface area contributed by atoms with E-state index in [-0.39, 0.29) is 0 Å². The molecular weight excluding hydrogens is 282 g/mol. The molecule has 0 bridgehead atoms. The number of hydrogen-bond donors (Lipinski definition) is 2. The summed E-state index contributed by atoms with van der Waals surface area (Å²) in [5.74, 6) is -0.879. The fourth-order valence-electron chi connectivity index (χ4n) is 1.88. The predicted molar refractivity (Wildman–Crippen MR) is 86.9 cm³/mol. The molecule has 3 N–H and O–H groups in total. The summed E-state index contributed by atoms with van der Waals surface area (Å²) >= 11 is 0. The van der Waals surface area contributed by atoms with Crippen molar-refractivity contribution in [3.8, 4) is 0 Å². The van der Waals surface area contributed by atoms with E-state index < -0.39 is 17.7 Å². The summed E-state index contributed by atoms with van der Waals surface area (Å²) in [7, 11) is 0. The lowest BCUT2D eigenvalue weighted by atomic mass is 10.00. The van der Waals surface area contributed by atoms with E-state index in [1.54, 1.807) is 30.3 Å². The zero-order valence-electron chi connectivity index (χ0n) is 13.7. The Bertz CT molecular complexity index is 443. The normalized spacial score (nSPS) is 10.3. The van der Waals surface area contributed by atoms with Crippen molar-refractivity contribution < 1.29 is 19.4 Å². The van der Waals surface area contributed by atoms with E-state index in [9.17, 15) is 9.59 Å². The van der Waals surface area contributed by atoms with Crippen LogP contribution in [0.5, 0.6) is 0 Å². The van der Waals surface area contributed by atoms with E-state index in [0.717, 1.165) is 12.8 Å². The lowest BCUT2D eigenvalue weighted by Crippen LogP contribution is -2.30. The molecule has 1 aromatic carbocycles. The highest BCUT2D eigenvalue weighted by molar-refractivity contribution is 5.87. The topological polar surface area (TPSA) is 89.6 Å². The first-order valence-corrected chi connectivity index (χ1v) is 7.55. The SMILES string of the molecule is CCCCCCC(C)(C)OC(N)=O.O=C(O)c1ccccc1. The molecule has 0 aliphatic rings. The van der Waals surface area contributed by atoms with E-state index in [0.29, 0.717) is 5.56 Å². The molecule has 5 nitrogen and oxygen atoms in total. The number of carboxylic acid groups (broad SMARTS) is 1. The summed E-state index contributed by atoms with van der Waals surface area (Å²) in [5.41, 5.74) is 4.88. The monoisotopic (exact) mass is 309 g/mol. The van der Waals surface area contributed by atoms with E-state index >= 15 is 0 Å². The maximum Gasteiger partial charge on any atom is 0.405 e. The van der Waals surface area contributed by atoms with Crippen LogP contribution in [-0.2, 0) is 4.74 Å². The molecule has 5 heteroatoms. The van der Waals surface area contributed by atoms with Crippen molar-refractivity contribution in [2.45, 2.75) is 58.5 Å². The van der Waals surface area contributed by atoms with Gasteiger partial charge < -0.3 is 15.6 Å². The highest BCUT2D eigenvalue weighted by Crippen LogP contribution is 2.18. The number of carbonyl (C=O) groups excluding carboxylic acids is 1. The number of carboxylic acids is 1. The van der Waals surface area contributed by atoms with Crippen LogP contribution in [0.1, 0.15) is 63.2 Å². The van der Waals surface area contributed by atoms with Gasteiger partial charge in [-0.25, -0.2) is 9.59 Å². The van der Waals surface area contributed by atoms with E-state index in [1.807, 2.05) is 13.8 Å². The van der Waals surface area contributed by atoms with Crippen LogP contribution in [0, 0.1) is 0 Å². The van der Waals surface area contributed by atoms with Gasteiger partial charge in [0.05, 0.1) is 5.56 Å². The Morgan fingerprint density at radius 2 is 1.73 bits per heavy atom. The lowest BCUT2D eigenvalue weighted by molar-refractivity contribution is 0.0372. The second-order valence-corrected chi connectivity index (χ2v) is 5.66. The summed E-state index contributed by atoms with van der Waals surface area (Å²) in [6.45, 7) is 5.96. The highest BCUT2D eigenvalue weighted by Gasteiger charge is 2.20. The Labute approximate surface area is 132 Å². The quantitative estimate of drug-likeness (QED) is 0.738. The number of hydrogen-bond acceptors (Lipinski definition) is 3. The lowest BCUT2D eigenvalue weighted by Gasteiger charge is -2.23. The Hall–Kier alpha value is -2.04. The number of ether oxygens (including phenoxy) is 1. The summed E-state index contributed by atoms with van der Waals surface area (Å²) < 4.78 is 4.96. The minimum absolute atomic E-state index is 0.331. The predicted octanol–water partition coefficient (Wildman–Crippen LogP) is 4.22. The Morgan fingerprint density at radius 3 is 2.14 bits per heavy atom. The average Bonchev–Trinajstić information content (AvgIpc) is 2.44. The van der Waals surface area contributed by atoms with Gasteiger partial charge in [0, 0.05) is 0 Å². The van der Waals surface area contributed by atoms with Crippen LogP contribution in [0.4, 0.5) is 4.79 Å². The van der Waals surface area contributed by atoms with Gasteiger partial charge in [0.1, 0.15) is 5.60 Å². The van der Waals surface area contributed by atoms with Crippen molar-refractivity contribution in [3.05, 3.63) is 35.9 Å². The number of benzene rings is 1. The van der Waals surface area contributed by atoms with Crippen LogP contribution in [-0.4, -0.2) is 22.8 Å². The molecule has 1 amide bonds. The van der Waals surface area contributed by atoms with Crippen molar-refractivity contribution in [1.29, 1.82) is 0 Å². The summed E-state index contributed by atoms with van der Waals surface area (Å²) in [5, 5.41) is 8.38. The maximum absolute atomic E-state index is 10.5. The number of carbonyl (C=O) groups is 2. The van der Waals surface area contributed by atoms with Gasteiger partial charge in [-0.1, -0.05) is 44.4 Å². The number of aromatic carboxylic acids is 1. The fraction of sp³-hybridized carbons (Fsp3) is 0.529. The zero-order chi connectivity index (χ0) is 17.0. The molecule has 0 aliphatic heterocycles. The van der Waals surface area contributed by atoms with Gasteiger partial charge in [-0.05, 0) is 38.8 Å². The van der Waals surface area contributed by atoms with Crippen molar-refractivity contribution >= 4 is 12.1 Å². The number of rotatable bonds is 7. The van der Waals surface area contributed by atoms with E-state index in [4.69, 9.17) is 15.6 Å². The van der Waals surface area contributed by atoms with E-state index in [2.05, 4.69) is 6.92 Å². The van der Waals surface area contributed by atoms with E-state index in [1.165, 1.54) is 19.3 Å². The molecular formula is C17H27NO4. The molecule has 0 unspecified atom stereocenters. The van der Waals surface area contributed by atoms with Gasteiger partial charge in [-0.15, -0.1) is 0 Å². The summed E-state index contributed by atoms with van der Waals surface area (Å²) in [6.07, 6.45) is 4.95. The first kappa shape index (κ1) is 20.0. The van der Waals surface area contributed by atoms with Crippen molar-refractivity contribution in [1.82, 2.24) is 0 Å². The van der Waals surface area contributed by atoms with Crippen LogP contribution in [0.15, 0.2) is 30.3 Å². The number of amides is 1. The summed E-state index contributed by atoms with van der Waals surface area (Å²) in [6, 6.07) is 8.30. The minimum Gasteiger partial charge on any atom is -0.478 e. The van der Waals surface area contributed by atoms with Gasteiger partial charge in [-0.3, -0.25) is 0 Å². The zero-order valence-corrected chi connectivity index (χ0v) is 13.7. The van der Waals surface area contributed by atoms with Crippen LogP contribution >= 0.6 is 0 Å². The first-order valence-electron chi connectivity index (χ1n) is 7.55. The molecule has 22 heavy (non-hydrogen) atoms. The molecule has 0 aliphatic carbocycles. The van der Waals surface area contributed by atoms with Crippen molar-refractivity contribution in [3.63, 3.8) is 0 Å². The molecule has 0 saturated carbocycles. The third-order valence-corrected chi connectivity index (χ3v) is 3.03. The number of nitrogens with two attached hydrogens (primary N) is 1. The first-order chi connectivity index (χ1) is 10.3. The summed E-state index contributed by atoms with van der Waals surface area (Å²) in [4.78, 5) is 20.7. The van der Waals surface area contributed by atoms with Crippen LogP contribution < -0.4 is 5.73 Å². The van der Waals surface area contributed by atoms with Crippen molar-refractivity contribution in [2.24, 2.45) is 5.73 Å². The number of unbranched alkanes of at least 4 members (excludes halogenated alkanes) is 3. The molecule has 1 aromatic rings. The molecule has 0 spiro atoms. The van der Waals surface area contributed by atoms with Gasteiger partial charge in [0.15, 0.2) is 0 Å².